The van der Waals surface area contributed by atoms with Crippen LogP contribution in [0, 0.1) is 5.82 Å². The van der Waals surface area contributed by atoms with E-state index < -0.39 is 17.8 Å². The minimum Gasteiger partial charge on any atom is -0.446 e. The molecule has 4 N–H and O–H groups in total. The monoisotopic (exact) mass is 676 g/mol. The quantitative estimate of drug-likeness (QED) is 0.210. The zero-order valence-corrected chi connectivity index (χ0v) is 27.7. The average Bonchev–Trinajstić information content (AvgIpc) is 3.09. The van der Waals surface area contributed by atoms with Gasteiger partial charge in [0.1, 0.15) is 11.9 Å². The lowest BCUT2D eigenvalue weighted by atomic mass is 9.93. The molecule has 1 aliphatic carbocycles. The number of piperazine rings is 1. The van der Waals surface area contributed by atoms with Crippen molar-refractivity contribution in [3.8, 4) is 0 Å². The van der Waals surface area contributed by atoms with E-state index in [1.54, 1.807) is 34.1 Å². The number of benzene rings is 2. The van der Waals surface area contributed by atoms with Gasteiger partial charge in [0.2, 0.25) is 11.8 Å². The van der Waals surface area contributed by atoms with Crippen LogP contribution in [0.25, 0.3) is 0 Å². The fourth-order valence-electron chi connectivity index (χ4n) is 6.34. The molecule has 5 rings (SSSR count). The van der Waals surface area contributed by atoms with E-state index in [0.29, 0.717) is 31.5 Å². The molecule has 2 aliphatic heterocycles. The number of nitrogens with one attached hydrogen (secondary N) is 4. The Morgan fingerprint density at radius 2 is 1.65 bits per heavy atom. The molecule has 2 atom stereocenters. The number of hydrogen-bond acceptors (Lipinski definition) is 7. The van der Waals surface area contributed by atoms with Gasteiger partial charge < -0.3 is 25.2 Å². The summed E-state index contributed by atoms with van der Waals surface area (Å²) in [6, 6.07) is 11.5. The summed E-state index contributed by atoms with van der Waals surface area (Å²) in [5.74, 6) is -1.58. The number of hydrogen-bond donors (Lipinski definition) is 4. The summed E-state index contributed by atoms with van der Waals surface area (Å²) in [7, 11) is 0. The van der Waals surface area contributed by atoms with Crippen LogP contribution in [-0.2, 0) is 20.7 Å². The number of halogens is 1. The van der Waals surface area contributed by atoms with E-state index in [0.717, 1.165) is 43.2 Å². The first-order chi connectivity index (χ1) is 23.8. The van der Waals surface area contributed by atoms with Crippen molar-refractivity contribution in [2.75, 3.05) is 39.3 Å². The standard InChI is InChI=1S/C36H45FN6O6/c37-30-16-15-25(24-31-27-11-6-7-12-28(27)34(46)41-40-31)23-29(30)35(47)43-21-19-42(20-22-43)33(45)14-8-13-32(44)38-17-18-39-36(48)49-26-9-4-2-1-3-5-10-26/h1-2,6-7,11-12,15-16,23,26,31,40H,3-5,8-10,13-14,17-22,24H2,(H,38,44)(H,39,48)(H,41,46)/b2-1+. The molecule has 2 heterocycles. The highest BCUT2D eigenvalue weighted by Crippen LogP contribution is 2.26. The number of carbonyl (C=O) groups is 5. The molecule has 2 aromatic carbocycles. The lowest BCUT2D eigenvalue weighted by Gasteiger charge is -2.35. The first-order valence-electron chi connectivity index (χ1n) is 17.1. The van der Waals surface area contributed by atoms with Gasteiger partial charge in [-0.25, -0.2) is 14.6 Å². The summed E-state index contributed by atoms with van der Waals surface area (Å²) in [6.45, 7) is 1.69. The fourth-order valence-corrected chi connectivity index (χ4v) is 6.34. The second-order valence-electron chi connectivity index (χ2n) is 12.6. The van der Waals surface area contributed by atoms with Crippen LogP contribution in [0.3, 0.4) is 0 Å². The molecule has 262 valence electrons. The van der Waals surface area contributed by atoms with Crippen LogP contribution in [0.4, 0.5) is 9.18 Å². The number of nitrogens with zero attached hydrogens (tertiary/aromatic N) is 2. The second kappa shape index (κ2) is 17.6. The Kier molecular flexibility index (Phi) is 12.7. The third-order valence-electron chi connectivity index (χ3n) is 9.06. The largest absolute Gasteiger partial charge is 0.446 e. The lowest BCUT2D eigenvalue weighted by molar-refractivity contribution is -0.132. The number of carbonyl (C=O) groups excluding carboxylic acids is 5. The number of hydrazine groups is 1. The lowest BCUT2D eigenvalue weighted by Crippen LogP contribution is -2.50. The normalized spacial score (nSPS) is 19.8. The van der Waals surface area contributed by atoms with E-state index in [2.05, 4.69) is 33.6 Å². The highest BCUT2D eigenvalue weighted by atomic mass is 19.1. The van der Waals surface area contributed by atoms with Crippen LogP contribution in [0.1, 0.15) is 89.3 Å². The van der Waals surface area contributed by atoms with Crippen LogP contribution in [0.15, 0.2) is 54.6 Å². The zero-order chi connectivity index (χ0) is 34.6. The fraction of sp³-hybridized carbons (Fsp3) is 0.472. The summed E-state index contributed by atoms with van der Waals surface area (Å²) < 4.78 is 20.3. The Balaban J connectivity index is 0.987. The third kappa shape index (κ3) is 10.1. The number of fused-ring (bicyclic) bond motifs is 1. The molecule has 49 heavy (non-hydrogen) atoms. The molecule has 0 saturated carbocycles. The summed E-state index contributed by atoms with van der Waals surface area (Å²) in [6.07, 6.45) is 9.40. The van der Waals surface area contributed by atoms with E-state index in [-0.39, 0.29) is 74.5 Å². The highest BCUT2D eigenvalue weighted by Gasteiger charge is 2.28. The van der Waals surface area contributed by atoms with Gasteiger partial charge in [0, 0.05) is 57.7 Å². The van der Waals surface area contributed by atoms with Crippen LogP contribution < -0.4 is 21.5 Å². The van der Waals surface area contributed by atoms with Gasteiger partial charge in [-0.3, -0.25) is 24.6 Å². The van der Waals surface area contributed by atoms with Gasteiger partial charge in [-0.15, -0.1) is 0 Å². The van der Waals surface area contributed by atoms with Gasteiger partial charge in [-0.05, 0) is 74.3 Å². The molecule has 0 bridgehead atoms. The molecule has 0 aromatic heterocycles. The van der Waals surface area contributed by atoms with Crippen LogP contribution in [0.5, 0.6) is 0 Å². The Morgan fingerprint density at radius 1 is 0.898 bits per heavy atom. The molecule has 5 amide bonds. The van der Waals surface area contributed by atoms with Gasteiger partial charge >= 0.3 is 6.09 Å². The van der Waals surface area contributed by atoms with Gasteiger partial charge in [0.15, 0.2) is 0 Å². The molecule has 12 nitrogen and oxygen atoms in total. The Hall–Kier alpha value is -4.78. The molecular formula is C36H45FN6O6. The van der Waals surface area contributed by atoms with Gasteiger partial charge in [0.05, 0.1) is 11.6 Å². The van der Waals surface area contributed by atoms with E-state index in [1.165, 1.54) is 6.07 Å². The van der Waals surface area contributed by atoms with E-state index >= 15 is 0 Å². The van der Waals surface area contributed by atoms with Gasteiger partial charge in [-0.1, -0.05) is 36.4 Å². The number of alkyl carbamates (subject to hydrolysis) is 1. The molecule has 13 heteroatoms. The summed E-state index contributed by atoms with van der Waals surface area (Å²) in [4.78, 5) is 65.8. The van der Waals surface area contributed by atoms with E-state index in [9.17, 15) is 28.4 Å². The minimum absolute atomic E-state index is 0.0313. The van der Waals surface area contributed by atoms with E-state index in [1.807, 2.05) is 12.1 Å². The minimum atomic E-state index is -0.616. The zero-order valence-electron chi connectivity index (χ0n) is 27.7. The number of rotatable bonds is 11. The Labute approximate surface area is 285 Å². The van der Waals surface area contributed by atoms with Crippen molar-refractivity contribution in [1.29, 1.82) is 0 Å². The molecule has 1 saturated heterocycles. The highest BCUT2D eigenvalue weighted by molar-refractivity contribution is 5.96. The first kappa shape index (κ1) is 35.5. The Morgan fingerprint density at radius 3 is 2.49 bits per heavy atom. The van der Waals surface area contributed by atoms with Crippen LogP contribution >= 0.6 is 0 Å². The molecule has 0 radical (unpaired) electrons. The molecule has 3 aliphatic rings. The molecular weight excluding hydrogens is 631 g/mol. The maximum atomic E-state index is 14.9. The van der Waals surface area contributed by atoms with Crippen molar-refractivity contribution < 1.29 is 33.1 Å². The summed E-state index contributed by atoms with van der Waals surface area (Å²) in [5.41, 5.74) is 7.76. The van der Waals surface area contributed by atoms with Crippen LogP contribution in [0.2, 0.25) is 0 Å². The van der Waals surface area contributed by atoms with Crippen molar-refractivity contribution in [2.24, 2.45) is 0 Å². The van der Waals surface area contributed by atoms with Crippen molar-refractivity contribution in [1.82, 2.24) is 31.3 Å². The predicted molar refractivity (Wildman–Crippen MR) is 180 cm³/mol. The number of allylic oxidation sites excluding steroid dienone is 2. The third-order valence-corrected chi connectivity index (χ3v) is 9.06. The predicted octanol–water partition coefficient (Wildman–Crippen LogP) is 3.54. The van der Waals surface area contributed by atoms with Crippen molar-refractivity contribution in [3.63, 3.8) is 0 Å². The van der Waals surface area contributed by atoms with Gasteiger partial charge in [-0.2, -0.15) is 0 Å². The maximum Gasteiger partial charge on any atom is 0.407 e. The maximum absolute atomic E-state index is 14.9. The Bertz CT molecular complexity index is 1540. The first-order valence-corrected chi connectivity index (χ1v) is 17.1. The van der Waals surface area contributed by atoms with Crippen molar-refractivity contribution in [2.45, 2.75) is 69.9 Å². The SMILES string of the molecule is O=C(CCCC(=O)N1CCN(C(=O)c2cc(CC3NNC(=O)c4ccccc43)ccc2F)CC1)NCCNC(=O)OC1CC/C=C/CCC1. The second-order valence-corrected chi connectivity index (χ2v) is 12.6. The van der Waals surface area contributed by atoms with E-state index in [4.69, 9.17) is 4.74 Å². The van der Waals surface area contributed by atoms with Crippen molar-refractivity contribution in [3.05, 3.63) is 82.7 Å². The number of ether oxygens (including phenoxy) is 1. The number of amides is 5. The molecule has 1 fully saturated rings. The summed E-state index contributed by atoms with van der Waals surface area (Å²) in [5, 5.41) is 5.42. The average molecular weight is 677 g/mol. The van der Waals surface area contributed by atoms with Crippen LogP contribution in [-0.4, -0.2) is 84.9 Å². The topological polar surface area (TPSA) is 149 Å². The molecule has 2 unspecified atom stereocenters. The smallest absolute Gasteiger partial charge is 0.407 e. The summed E-state index contributed by atoms with van der Waals surface area (Å²) >= 11 is 0. The molecule has 0 spiro atoms. The van der Waals surface area contributed by atoms with Crippen molar-refractivity contribution >= 4 is 29.7 Å². The molecule has 2 aromatic rings. The van der Waals surface area contributed by atoms with Gasteiger partial charge in [0.25, 0.3) is 11.8 Å².